The molecule has 1 aromatic rings. The summed E-state index contributed by atoms with van der Waals surface area (Å²) in [6, 6.07) is 1.01. The molecule has 1 fully saturated rings. The van der Waals surface area contributed by atoms with Crippen LogP contribution in [-0.2, 0) is 17.5 Å². The number of piperazine rings is 1. The summed E-state index contributed by atoms with van der Waals surface area (Å²) >= 11 is 0. The second-order valence-electron chi connectivity index (χ2n) is 4.73. The molecule has 2 rings (SSSR count). The molecule has 1 amide bonds. The summed E-state index contributed by atoms with van der Waals surface area (Å²) in [6.45, 7) is 1.41. The minimum Gasteiger partial charge on any atom is -0.445 e. The van der Waals surface area contributed by atoms with E-state index in [2.05, 4.69) is 5.32 Å². The van der Waals surface area contributed by atoms with E-state index in [0.29, 0.717) is 38.3 Å². The number of rotatable bonds is 2. The second kappa shape index (κ2) is 6.47. The van der Waals surface area contributed by atoms with Crippen LogP contribution in [0.1, 0.15) is 11.1 Å². The molecule has 1 aliphatic rings. The van der Waals surface area contributed by atoms with Crippen molar-refractivity contribution in [1.29, 1.82) is 0 Å². The number of nitrogens with zero attached hydrogens (tertiary/aromatic N) is 1. The highest BCUT2D eigenvalue weighted by Gasteiger charge is 2.36. The SMILES string of the molecule is O=C(OCc1cc(F)c(F)c(C(F)(F)F)c1)N1CCNCC1. The van der Waals surface area contributed by atoms with Gasteiger partial charge in [0.15, 0.2) is 11.6 Å². The lowest BCUT2D eigenvalue weighted by atomic mass is 10.1. The quantitative estimate of drug-likeness (QED) is 0.850. The largest absolute Gasteiger partial charge is 0.445 e. The number of amides is 1. The minimum atomic E-state index is -5.02. The first-order valence-electron chi connectivity index (χ1n) is 6.46. The van der Waals surface area contributed by atoms with E-state index in [4.69, 9.17) is 4.74 Å². The van der Waals surface area contributed by atoms with Crippen molar-refractivity contribution in [2.24, 2.45) is 0 Å². The highest BCUT2D eigenvalue weighted by molar-refractivity contribution is 5.67. The Labute approximate surface area is 122 Å². The Bertz CT molecular complexity index is 556. The summed E-state index contributed by atoms with van der Waals surface area (Å²) in [7, 11) is 0. The monoisotopic (exact) mass is 324 g/mol. The van der Waals surface area contributed by atoms with Crippen LogP contribution in [0.3, 0.4) is 0 Å². The molecular weight excluding hydrogens is 311 g/mol. The molecule has 0 unspecified atom stereocenters. The molecule has 22 heavy (non-hydrogen) atoms. The zero-order valence-corrected chi connectivity index (χ0v) is 11.3. The van der Waals surface area contributed by atoms with Gasteiger partial charge in [0, 0.05) is 26.2 Å². The first kappa shape index (κ1) is 16.5. The third kappa shape index (κ3) is 3.85. The van der Waals surface area contributed by atoms with E-state index >= 15 is 0 Å². The fourth-order valence-corrected chi connectivity index (χ4v) is 2.02. The van der Waals surface area contributed by atoms with Gasteiger partial charge in [0.1, 0.15) is 6.61 Å². The van der Waals surface area contributed by atoms with Crippen molar-refractivity contribution in [3.05, 3.63) is 34.9 Å². The van der Waals surface area contributed by atoms with Crippen LogP contribution in [0.25, 0.3) is 0 Å². The van der Waals surface area contributed by atoms with Crippen LogP contribution in [-0.4, -0.2) is 37.2 Å². The van der Waals surface area contributed by atoms with Crippen molar-refractivity contribution in [3.8, 4) is 0 Å². The van der Waals surface area contributed by atoms with Crippen molar-refractivity contribution in [2.75, 3.05) is 26.2 Å². The van der Waals surface area contributed by atoms with E-state index < -0.39 is 36.1 Å². The Morgan fingerprint density at radius 1 is 1.23 bits per heavy atom. The molecule has 0 saturated carbocycles. The molecule has 1 N–H and O–H groups in total. The van der Waals surface area contributed by atoms with Gasteiger partial charge in [0.25, 0.3) is 0 Å². The predicted octanol–water partition coefficient (Wildman–Crippen LogP) is 2.53. The van der Waals surface area contributed by atoms with E-state index in [1.807, 2.05) is 0 Å². The van der Waals surface area contributed by atoms with Crippen molar-refractivity contribution in [1.82, 2.24) is 10.2 Å². The number of halogens is 5. The van der Waals surface area contributed by atoms with E-state index in [9.17, 15) is 26.7 Å². The molecule has 0 aromatic heterocycles. The maximum atomic E-state index is 13.2. The van der Waals surface area contributed by atoms with Crippen LogP contribution >= 0.6 is 0 Å². The Hall–Kier alpha value is -1.90. The zero-order chi connectivity index (χ0) is 16.3. The summed E-state index contributed by atoms with van der Waals surface area (Å²) in [5, 5.41) is 3.02. The molecule has 1 heterocycles. The molecule has 0 aliphatic carbocycles. The van der Waals surface area contributed by atoms with Gasteiger partial charge in [-0.05, 0) is 17.7 Å². The Balaban J connectivity index is 2.06. The van der Waals surface area contributed by atoms with Crippen LogP contribution in [0.2, 0.25) is 0 Å². The molecule has 0 radical (unpaired) electrons. The highest BCUT2D eigenvalue weighted by atomic mass is 19.4. The van der Waals surface area contributed by atoms with Gasteiger partial charge >= 0.3 is 12.3 Å². The van der Waals surface area contributed by atoms with Crippen LogP contribution in [0.15, 0.2) is 12.1 Å². The first-order valence-corrected chi connectivity index (χ1v) is 6.46. The summed E-state index contributed by atoms with van der Waals surface area (Å²) in [4.78, 5) is 13.1. The molecule has 0 atom stereocenters. The fraction of sp³-hybridized carbons (Fsp3) is 0.462. The van der Waals surface area contributed by atoms with Gasteiger partial charge in [-0.15, -0.1) is 0 Å². The first-order chi connectivity index (χ1) is 10.3. The number of carbonyl (C=O) groups excluding carboxylic acids is 1. The lowest BCUT2D eigenvalue weighted by Crippen LogP contribution is -2.46. The van der Waals surface area contributed by atoms with Gasteiger partial charge < -0.3 is 15.0 Å². The summed E-state index contributed by atoms with van der Waals surface area (Å²) in [5.74, 6) is -3.60. The normalized spacial score (nSPS) is 15.8. The van der Waals surface area contributed by atoms with Gasteiger partial charge in [0.2, 0.25) is 0 Å². The molecule has 0 bridgehead atoms. The topological polar surface area (TPSA) is 41.6 Å². The predicted molar refractivity (Wildman–Crippen MR) is 66.0 cm³/mol. The Morgan fingerprint density at radius 2 is 1.86 bits per heavy atom. The van der Waals surface area contributed by atoms with Gasteiger partial charge in [0.05, 0.1) is 5.56 Å². The van der Waals surface area contributed by atoms with Crippen molar-refractivity contribution in [3.63, 3.8) is 0 Å². The average Bonchev–Trinajstić information content (AvgIpc) is 2.47. The molecule has 122 valence electrons. The molecule has 1 aliphatic heterocycles. The summed E-state index contributed by atoms with van der Waals surface area (Å²) in [5.41, 5.74) is -1.99. The number of ether oxygens (including phenoxy) is 1. The van der Waals surface area contributed by atoms with Gasteiger partial charge in [-0.3, -0.25) is 0 Å². The van der Waals surface area contributed by atoms with Crippen LogP contribution in [0.5, 0.6) is 0 Å². The van der Waals surface area contributed by atoms with Crippen molar-refractivity contribution < 1.29 is 31.5 Å². The van der Waals surface area contributed by atoms with Crippen LogP contribution in [0.4, 0.5) is 26.7 Å². The molecule has 1 aromatic carbocycles. The average molecular weight is 324 g/mol. The van der Waals surface area contributed by atoms with Gasteiger partial charge in [-0.2, -0.15) is 13.2 Å². The zero-order valence-electron chi connectivity index (χ0n) is 11.3. The molecule has 0 spiro atoms. The Morgan fingerprint density at radius 3 is 2.45 bits per heavy atom. The van der Waals surface area contributed by atoms with E-state index in [1.165, 1.54) is 4.90 Å². The van der Waals surface area contributed by atoms with Gasteiger partial charge in [-0.1, -0.05) is 0 Å². The number of hydrogen-bond donors (Lipinski definition) is 1. The highest BCUT2D eigenvalue weighted by Crippen LogP contribution is 2.33. The van der Waals surface area contributed by atoms with Crippen LogP contribution < -0.4 is 5.32 Å². The maximum Gasteiger partial charge on any atom is 0.419 e. The molecule has 1 saturated heterocycles. The number of benzene rings is 1. The number of hydrogen-bond acceptors (Lipinski definition) is 3. The number of alkyl halides is 3. The number of carbonyl (C=O) groups is 1. The lowest BCUT2D eigenvalue weighted by molar-refractivity contribution is -0.140. The number of nitrogens with one attached hydrogen (secondary N) is 1. The third-order valence-electron chi connectivity index (χ3n) is 3.13. The van der Waals surface area contributed by atoms with Gasteiger partial charge in [-0.25, -0.2) is 13.6 Å². The van der Waals surface area contributed by atoms with E-state index in [0.717, 1.165) is 0 Å². The van der Waals surface area contributed by atoms with Crippen LogP contribution in [0, 0.1) is 11.6 Å². The fourth-order valence-electron chi connectivity index (χ4n) is 2.02. The van der Waals surface area contributed by atoms with Crippen molar-refractivity contribution in [2.45, 2.75) is 12.8 Å². The third-order valence-corrected chi connectivity index (χ3v) is 3.13. The summed E-state index contributed by atoms with van der Waals surface area (Å²) in [6.07, 6.45) is -5.73. The molecule has 4 nitrogen and oxygen atoms in total. The standard InChI is InChI=1S/C13H13F5N2O2/c14-10-6-8(5-9(11(10)15)13(16,17)18)7-22-12(21)20-3-1-19-2-4-20/h5-6,19H,1-4,7H2. The molecule has 9 heteroatoms. The second-order valence-corrected chi connectivity index (χ2v) is 4.73. The smallest absolute Gasteiger partial charge is 0.419 e. The summed E-state index contributed by atoms with van der Waals surface area (Å²) < 4.78 is 68.9. The molecular formula is C13H13F5N2O2. The maximum absolute atomic E-state index is 13.2. The minimum absolute atomic E-state index is 0.269. The Kier molecular flexibility index (Phi) is 4.84. The van der Waals surface area contributed by atoms with Crippen molar-refractivity contribution >= 4 is 6.09 Å². The van der Waals surface area contributed by atoms with E-state index in [1.54, 1.807) is 0 Å². The van der Waals surface area contributed by atoms with E-state index in [-0.39, 0.29) is 5.56 Å². The lowest BCUT2D eigenvalue weighted by Gasteiger charge is -2.26.